The number of aryl methyl sites for hydroxylation is 1. The summed E-state index contributed by atoms with van der Waals surface area (Å²) in [5.41, 5.74) is 7.40. The van der Waals surface area contributed by atoms with Crippen molar-refractivity contribution in [2.24, 2.45) is 11.7 Å². The van der Waals surface area contributed by atoms with Gasteiger partial charge in [0.05, 0.1) is 10.9 Å². The molecule has 4 nitrogen and oxygen atoms in total. The first kappa shape index (κ1) is 20.3. The van der Waals surface area contributed by atoms with E-state index in [2.05, 4.69) is 10.3 Å². The van der Waals surface area contributed by atoms with Gasteiger partial charge in [0.25, 0.3) is 0 Å². The second-order valence-electron chi connectivity index (χ2n) is 5.14. The highest BCUT2D eigenvalue weighted by atomic mass is 35.5. The molecular weight excluding hydrogens is 373 g/mol. The van der Waals surface area contributed by atoms with Gasteiger partial charge in [0.15, 0.2) is 4.34 Å². The molecule has 3 N–H and O–H groups in total. The Morgan fingerprint density at radius 3 is 2.65 bits per heavy atom. The quantitative estimate of drug-likeness (QED) is 0.780. The third-order valence-electron chi connectivity index (χ3n) is 3.20. The molecule has 0 aliphatic heterocycles. The molecule has 2 atom stereocenters. The SMILES string of the molecule is Cc1csc(Sc2ccc(NC(=O)C(C)C(C)N)cc2Cl)n1.Cl. The summed E-state index contributed by atoms with van der Waals surface area (Å²) in [7, 11) is 0. The molecule has 0 aliphatic rings. The van der Waals surface area contributed by atoms with Crippen LogP contribution in [0.1, 0.15) is 19.5 Å². The van der Waals surface area contributed by atoms with Crippen LogP contribution in [0.3, 0.4) is 0 Å². The second-order valence-corrected chi connectivity index (χ2v) is 7.69. The van der Waals surface area contributed by atoms with E-state index < -0.39 is 0 Å². The third-order valence-corrected chi connectivity index (χ3v) is 5.75. The van der Waals surface area contributed by atoms with Gasteiger partial charge in [0, 0.05) is 27.7 Å². The van der Waals surface area contributed by atoms with Gasteiger partial charge in [0.1, 0.15) is 0 Å². The zero-order valence-electron chi connectivity index (χ0n) is 13.0. The fourth-order valence-corrected chi connectivity index (χ4v) is 3.72. The molecule has 1 aromatic heterocycles. The number of rotatable bonds is 5. The monoisotopic (exact) mass is 391 g/mol. The smallest absolute Gasteiger partial charge is 0.228 e. The predicted molar refractivity (Wildman–Crippen MR) is 101 cm³/mol. The Hall–Kier alpha value is -0.790. The number of aromatic nitrogens is 1. The summed E-state index contributed by atoms with van der Waals surface area (Å²) >= 11 is 9.39. The van der Waals surface area contributed by atoms with Gasteiger partial charge in [-0.25, -0.2) is 4.98 Å². The average Bonchev–Trinajstić information content (AvgIpc) is 2.86. The number of nitrogens with zero attached hydrogens (tertiary/aromatic N) is 1. The van der Waals surface area contributed by atoms with Crippen molar-refractivity contribution < 1.29 is 4.79 Å². The van der Waals surface area contributed by atoms with Crippen LogP contribution < -0.4 is 11.1 Å². The Bertz CT molecular complexity index is 676. The molecule has 0 fully saturated rings. The number of anilines is 1. The highest BCUT2D eigenvalue weighted by molar-refractivity contribution is 8.01. The number of carbonyl (C=O) groups is 1. The maximum atomic E-state index is 12.0. The number of carbonyl (C=O) groups excluding carboxylic acids is 1. The summed E-state index contributed by atoms with van der Waals surface area (Å²) in [6, 6.07) is 5.27. The lowest BCUT2D eigenvalue weighted by Gasteiger charge is -2.15. The fraction of sp³-hybridized carbons (Fsp3) is 0.333. The number of thiazole rings is 1. The summed E-state index contributed by atoms with van der Waals surface area (Å²) in [6.45, 7) is 5.57. The van der Waals surface area contributed by atoms with Crippen LogP contribution in [-0.2, 0) is 4.79 Å². The lowest BCUT2D eigenvalue weighted by Crippen LogP contribution is -2.34. The van der Waals surface area contributed by atoms with Gasteiger partial charge in [-0.2, -0.15) is 0 Å². The Morgan fingerprint density at radius 1 is 1.43 bits per heavy atom. The number of amides is 1. The first-order valence-electron chi connectivity index (χ1n) is 6.83. The van der Waals surface area contributed by atoms with E-state index in [0.29, 0.717) is 10.7 Å². The molecule has 23 heavy (non-hydrogen) atoms. The molecule has 2 aromatic rings. The Kier molecular flexibility index (Phi) is 7.83. The lowest BCUT2D eigenvalue weighted by atomic mass is 10.0. The molecule has 1 aromatic carbocycles. The molecule has 0 radical (unpaired) electrons. The van der Waals surface area contributed by atoms with Gasteiger partial charge in [-0.15, -0.1) is 23.7 Å². The minimum absolute atomic E-state index is 0. The maximum absolute atomic E-state index is 12.0. The molecule has 0 bridgehead atoms. The van der Waals surface area contributed by atoms with Gasteiger partial charge in [-0.1, -0.05) is 30.3 Å². The van der Waals surface area contributed by atoms with Crippen molar-refractivity contribution in [2.45, 2.75) is 36.0 Å². The standard InChI is InChI=1S/C15H18ClN3OS2.ClH/c1-8-7-21-15(18-8)22-13-5-4-11(6-12(13)16)19-14(20)9(2)10(3)17;/h4-7,9-10H,17H2,1-3H3,(H,19,20);1H. The van der Waals surface area contributed by atoms with Crippen LogP contribution in [-0.4, -0.2) is 16.9 Å². The van der Waals surface area contributed by atoms with Crippen molar-refractivity contribution in [3.63, 3.8) is 0 Å². The Balaban J connectivity index is 0.00000264. The number of nitrogens with two attached hydrogens (primary N) is 1. The Morgan fingerprint density at radius 2 is 2.13 bits per heavy atom. The number of halogens is 2. The van der Waals surface area contributed by atoms with E-state index in [0.717, 1.165) is 14.9 Å². The van der Waals surface area contributed by atoms with Crippen LogP contribution >= 0.6 is 47.1 Å². The van der Waals surface area contributed by atoms with Gasteiger partial charge in [-0.3, -0.25) is 4.79 Å². The number of nitrogens with one attached hydrogen (secondary N) is 1. The van der Waals surface area contributed by atoms with E-state index >= 15 is 0 Å². The zero-order valence-corrected chi connectivity index (χ0v) is 16.2. The van der Waals surface area contributed by atoms with Crippen molar-refractivity contribution in [3.05, 3.63) is 34.3 Å². The topological polar surface area (TPSA) is 68.0 Å². The van der Waals surface area contributed by atoms with Gasteiger partial charge < -0.3 is 11.1 Å². The average molecular weight is 392 g/mol. The summed E-state index contributed by atoms with van der Waals surface area (Å²) in [6.07, 6.45) is 0. The van der Waals surface area contributed by atoms with E-state index in [9.17, 15) is 4.79 Å². The molecule has 0 saturated heterocycles. The highest BCUT2D eigenvalue weighted by Crippen LogP contribution is 2.36. The maximum Gasteiger partial charge on any atom is 0.228 e. The largest absolute Gasteiger partial charge is 0.327 e. The van der Waals surface area contributed by atoms with Crippen molar-refractivity contribution in [1.29, 1.82) is 0 Å². The van der Waals surface area contributed by atoms with Crippen LogP contribution in [0.2, 0.25) is 5.02 Å². The first-order valence-corrected chi connectivity index (χ1v) is 8.90. The van der Waals surface area contributed by atoms with Crippen LogP contribution in [0.15, 0.2) is 32.8 Å². The van der Waals surface area contributed by atoms with E-state index in [1.165, 1.54) is 11.8 Å². The summed E-state index contributed by atoms with van der Waals surface area (Å²) in [5, 5.41) is 5.42. The number of benzene rings is 1. The minimum Gasteiger partial charge on any atom is -0.327 e. The lowest BCUT2D eigenvalue weighted by molar-refractivity contribution is -0.119. The fourth-order valence-electron chi connectivity index (χ4n) is 1.63. The van der Waals surface area contributed by atoms with Crippen LogP contribution in [0.5, 0.6) is 0 Å². The van der Waals surface area contributed by atoms with E-state index in [1.807, 2.05) is 31.4 Å². The van der Waals surface area contributed by atoms with Crippen LogP contribution in [0, 0.1) is 12.8 Å². The summed E-state index contributed by atoms with van der Waals surface area (Å²) < 4.78 is 0.946. The van der Waals surface area contributed by atoms with Gasteiger partial charge in [0.2, 0.25) is 5.91 Å². The van der Waals surface area contributed by atoms with Crippen molar-refractivity contribution >= 4 is 58.7 Å². The number of hydrogen-bond donors (Lipinski definition) is 2. The van der Waals surface area contributed by atoms with E-state index in [1.54, 1.807) is 24.3 Å². The van der Waals surface area contributed by atoms with Crippen LogP contribution in [0.25, 0.3) is 0 Å². The van der Waals surface area contributed by atoms with Crippen LogP contribution in [0.4, 0.5) is 5.69 Å². The molecule has 2 rings (SSSR count). The Labute approximate surface area is 155 Å². The third kappa shape index (κ3) is 5.65. The zero-order chi connectivity index (χ0) is 16.3. The minimum atomic E-state index is -0.258. The van der Waals surface area contributed by atoms with Crippen molar-refractivity contribution in [1.82, 2.24) is 4.98 Å². The van der Waals surface area contributed by atoms with Gasteiger partial charge >= 0.3 is 0 Å². The summed E-state index contributed by atoms with van der Waals surface area (Å²) in [4.78, 5) is 17.3. The molecule has 0 aliphatic carbocycles. The van der Waals surface area contributed by atoms with Crippen molar-refractivity contribution in [2.75, 3.05) is 5.32 Å². The van der Waals surface area contributed by atoms with Gasteiger partial charge in [-0.05, 0) is 32.0 Å². The first-order chi connectivity index (χ1) is 10.4. The highest BCUT2D eigenvalue weighted by Gasteiger charge is 2.17. The number of hydrogen-bond acceptors (Lipinski definition) is 5. The molecule has 2 unspecified atom stereocenters. The van der Waals surface area contributed by atoms with Crippen molar-refractivity contribution in [3.8, 4) is 0 Å². The molecule has 0 saturated carbocycles. The molecule has 1 amide bonds. The molecule has 126 valence electrons. The summed E-state index contributed by atoms with van der Waals surface area (Å²) in [5.74, 6) is -0.367. The molecule has 1 heterocycles. The molecule has 8 heteroatoms. The van der Waals surface area contributed by atoms with E-state index in [-0.39, 0.29) is 30.3 Å². The van der Waals surface area contributed by atoms with E-state index in [4.69, 9.17) is 17.3 Å². The molecule has 0 spiro atoms. The molecular formula is C15H19Cl2N3OS2. The predicted octanol–water partition coefficient (Wildman–Crippen LogP) is 4.60. The second kappa shape index (κ2) is 8.89. The normalized spacial score (nSPS) is 13.1.